The van der Waals surface area contributed by atoms with Crippen molar-refractivity contribution in [2.24, 2.45) is 5.73 Å². The zero-order valence-electron chi connectivity index (χ0n) is 11.4. The molecule has 0 aromatic heterocycles. The Kier molecular flexibility index (Phi) is 3.23. The fourth-order valence-corrected chi connectivity index (χ4v) is 2.79. The molecule has 1 fully saturated rings. The smallest absolute Gasteiger partial charge is 0.166 e. The van der Waals surface area contributed by atoms with Gasteiger partial charge in [-0.2, -0.15) is 0 Å². The molecule has 18 heavy (non-hydrogen) atoms. The van der Waals surface area contributed by atoms with Crippen LogP contribution in [-0.4, -0.2) is 14.2 Å². The van der Waals surface area contributed by atoms with Gasteiger partial charge in [0.05, 0.1) is 14.2 Å². The molecule has 0 unspecified atom stereocenters. The van der Waals surface area contributed by atoms with Gasteiger partial charge in [0.15, 0.2) is 11.5 Å². The molecule has 0 aliphatic heterocycles. The number of halogens is 1. The number of hydrogen-bond acceptors (Lipinski definition) is 3. The van der Waals surface area contributed by atoms with Gasteiger partial charge in [0.2, 0.25) is 0 Å². The molecule has 3 nitrogen and oxygen atoms in total. The highest BCUT2D eigenvalue weighted by Crippen LogP contribution is 2.49. The van der Waals surface area contributed by atoms with Gasteiger partial charge in [-0.25, -0.2) is 4.39 Å². The van der Waals surface area contributed by atoms with Crippen molar-refractivity contribution in [1.29, 1.82) is 0 Å². The largest absolute Gasteiger partial charge is 0.492 e. The minimum Gasteiger partial charge on any atom is -0.492 e. The Bertz CT molecular complexity index is 481. The van der Waals surface area contributed by atoms with Gasteiger partial charge in [0.25, 0.3) is 0 Å². The average molecular weight is 253 g/mol. The summed E-state index contributed by atoms with van der Waals surface area (Å²) in [6.45, 7) is 3.45. The van der Waals surface area contributed by atoms with E-state index < -0.39 is 5.54 Å². The van der Waals surface area contributed by atoms with Crippen molar-refractivity contribution in [1.82, 2.24) is 0 Å². The van der Waals surface area contributed by atoms with E-state index >= 15 is 0 Å². The van der Waals surface area contributed by atoms with Crippen molar-refractivity contribution in [3.63, 3.8) is 0 Å². The van der Waals surface area contributed by atoms with E-state index in [9.17, 15) is 4.39 Å². The summed E-state index contributed by atoms with van der Waals surface area (Å²) >= 11 is 0. The van der Waals surface area contributed by atoms with Gasteiger partial charge in [0.1, 0.15) is 5.82 Å². The van der Waals surface area contributed by atoms with E-state index in [0.29, 0.717) is 22.6 Å². The third kappa shape index (κ3) is 1.67. The third-order valence-electron chi connectivity index (χ3n) is 3.96. The van der Waals surface area contributed by atoms with Crippen LogP contribution in [-0.2, 0) is 5.54 Å². The maximum Gasteiger partial charge on any atom is 0.166 e. The van der Waals surface area contributed by atoms with Gasteiger partial charge in [-0.1, -0.05) is 0 Å². The van der Waals surface area contributed by atoms with Crippen LogP contribution in [0.15, 0.2) is 0 Å². The van der Waals surface area contributed by atoms with Crippen LogP contribution in [0.25, 0.3) is 0 Å². The van der Waals surface area contributed by atoms with Crippen LogP contribution < -0.4 is 15.2 Å². The van der Waals surface area contributed by atoms with E-state index in [2.05, 4.69) is 0 Å². The molecule has 0 saturated heterocycles. The molecular weight excluding hydrogens is 233 g/mol. The van der Waals surface area contributed by atoms with Crippen LogP contribution in [0, 0.1) is 19.7 Å². The van der Waals surface area contributed by atoms with Gasteiger partial charge in [0, 0.05) is 16.7 Å². The van der Waals surface area contributed by atoms with Crippen molar-refractivity contribution >= 4 is 0 Å². The molecule has 1 aromatic carbocycles. The van der Waals surface area contributed by atoms with E-state index in [1.165, 1.54) is 7.11 Å². The molecule has 0 bridgehead atoms. The second-order valence-electron chi connectivity index (χ2n) is 5.02. The second-order valence-corrected chi connectivity index (χ2v) is 5.02. The van der Waals surface area contributed by atoms with E-state index in [1.807, 2.05) is 0 Å². The average Bonchev–Trinajstić information content (AvgIpc) is 2.32. The molecule has 1 aromatic rings. The second kappa shape index (κ2) is 4.43. The Hall–Kier alpha value is -1.29. The first-order valence-corrected chi connectivity index (χ1v) is 6.16. The molecule has 2 N–H and O–H groups in total. The summed E-state index contributed by atoms with van der Waals surface area (Å²) in [7, 11) is 3.09. The van der Waals surface area contributed by atoms with Crippen molar-refractivity contribution in [3.05, 3.63) is 22.5 Å². The van der Waals surface area contributed by atoms with E-state index in [1.54, 1.807) is 21.0 Å². The predicted molar refractivity (Wildman–Crippen MR) is 68.7 cm³/mol. The van der Waals surface area contributed by atoms with Gasteiger partial charge < -0.3 is 15.2 Å². The van der Waals surface area contributed by atoms with Gasteiger partial charge in [-0.15, -0.1) is 0 Å². The highest BCUT2D eigenvalue weighted by atomic mass is 19.1. The van der Waals surface area contributed by atoms with E-state index in [0.717, 1.165) is 24.8 Å². The molecular formula is C14H20FNO2. The number of hydrogen-bond donors (Lipinski definition) is 1. The minimum atomic E-state index is -0.475. The van der Waals surface area contributed by atoms with Crippen LogP contribution in [0.2, 0.25) is 0 Å². The molecule has 100 valence electrons. The van der Waals surface area contributed by atoms with Gasteiger partial charge >= 0.3 is 0 Å². The first kappa shape index (κ1) is 13.1. The first-order chi connectivity index (χ1) is 8.46. The molecule has 1 saturated carbocycles. The van der Waals surface area contributed by atoms with Crippen molar-refractivity contribution < 1.29 is 13.9 Å². The lowest BCUT2D eigenvalue weighted by molar-refractivity contribution is 0.237. The number of methoxy groups -OCH3 is 2. The Labute approximate surface area is 107 Å². The molecule has 0 amide bonds. The summed E-state index contributed by atoms with van der Waals surface area (Å²) in [4.78, 5) is 0. The zero-order chi connectivity index (χ0) is 13.5. The maximum atomic E-state index is 14.3. The van der Waals surface area contributed by atoms with E-state index in [4.69, 9.17) is 15.2 Å². The fourth-order valence-electron chi connectivity index (χ4n) is 2.79. The maximum absolute atomic E-state index is 14.3. The Balaban J connectivity index is 2.74. The number of ether oxygens (including phenoxy) is 2. The summed E-state index contributed by atoms with van der Waals surface area (Å²) in [5.41, 5.74) is 7.67. The number of rotatable bonds is 3. The predicted octanol–water partition coefficient (Wildman–Crippen LogP) is 2.80. The molecule has 1 aliphatic carbocycles. The number of benzene rings is 1. The fraction of sp³-hybridized carbons (Fsp3) is 0.571. The minimum absolute atomic E-state index is 0.251. The molecule has 4 heteroatoms. The highest BCUT2D eigenvalue weighted by molar-refractivity contribution is 5.58. The normalized spacial score (nSPS) is 17.2. The van der Waals surface area contributed by atoms with Gasteiger partial charge in [-0.3, -0.25) is 0 Å². The number of nitrogens with two attached hydrogens (primary N) is 1. The Morgan fingerprint density at radius 2 is 1.61 bits per heavy atom. The third-order valence-corrected chi connectivity index (χ3v) is 3.96. The summed E-state index contributed by atoms with van der Waals surface area (Å²) in [6.07, 6.45) is 2.78. The molecule has 1 aliphatic rings. The highest BCUT2D eigenvalue weighted by Gasteiger charge is 2.40. The molecule has 0 radical (unpaired) electrons. The van der Waals surface area contributed by atoms with Crippen LogP contribution >= 0.6 is 0 Å². The lowest BCUT2D eigenvalue weighted by Crippen LogP contribution is -2.44. The van der Waals surface area contributed by atoms with Gasteiger partial charge in [-0.05, 0) is 38.7 Å². The molecule has 2 rings (SSSR count). The van der Waals surface area contributed by atoms with E-state index in [-0.39, 0.29) is 5.82 Å². The summed E-state index contributed by atoms with van der Waals surface area (Å²) in [5.74, 6) is 0.780. The molecule has 0 spiro atoms. The summed E-state index contributed by atoms with van der Waals surface area (Å²) in [6, 6.07) is 0. The van der Waals surface area contributed by atoms with Crippen LogP contribution in [0.5, 0.6) is 11.5 Å². The SMILES string of the molecule is COc1c(C)c(F)c(C)c(C2(N)CCC2)c1OC. The monoisotopic (exact) mass is 253 g/mol. The van der Waals surface area contributed by atoms with Crippen LogP contribution in [0.4, 0.5) is 4.39 Å². The van der Waals surface area contributed by atoms with Crippen molar-refractivity contribution in [2.75, 3.05) is 14.2 Å². The Morgan fingerprint density at radius 3 is 2.00 bits per heavy atom. The topological polar surface area (TPSA) is 44.5 Å². The van der Waals surface area contributed by atoms with Crippen LogP contribution in [0.3, 0.4) is 0 Å². The zero-order valence-corrected chi connectivity index (χ0v) is 11.4. The lowest BCUT2D eigenvalue weighted by Gasteiger charge is -2.41. The quantitative estimate of drug-likeness (QED) is 0.900. The van der Waals surface area contributed by atoms with Crippen molar-refractivity contribution in [2.45, 2.75) is 38.6 Å². The van der Waals surface area contributed by atoms with Crippen molar-refractivity contribution in [3.8, 4) is 11.5 Å². The lowest BCUT2D eigenvalue weighted by atomic mass is 9.70. The van der Waals surface area contributed by atoms with Crippen LogP contribution in [0.1, 0.15) is 36.0 Å². The summed E-state index contributed by atoms with van der Waals surface area (Å²) in [5, 5.41) is 0. The Morgan fingerprint density at radius 1 is 1.06 bits per heavy atom. The molecule has 0 atom stereocenters. The standard InChI is InChI=1S/C14H20FNO2/c1-8-10(14(16)6-5-7-14)13(18-4)12(17-3)9(2)11(8)15/h5-7,16H2,1-4H3. The molecule has 0 heterocycles. The first-order valence-electron chi connectivity index (χ1n) is 6.16. The summed E-state index contributed by atoms with van der Waals surface area (Å²) < 4.78 is 25.0.